The average molecular weight is 218 g/mol. The van der Waals surface area contributed by atoms with Crippen molar-refractivity contribution in [1.82, 2.24) is 0 Å². The molecule has 0 aliphatic carbocycles. The third kappa shape index (κ3) is 9.55. The van der Waals surface area contributed by atoms with Crippen LogP contribution in [-0.4, -0.2) is 19.8 Å². The molecule has 0 aliphatic rings. The molecule has 1 nitrogen and oxygen atoms in total. The van der Waals surface area contributed by atoms with Gasteiger partial charge < -0.3 is 0 Å². The molecule has 0 aliphatic heterocycles. The van der Waals surface area contributed by atoms with Gasteiger partial charge in [0.25, 0.3) is 0 Å². The van der Waals surface area contributed by atoms with E-state index in [-0.39, 0.29) is 55.1 Å². The molecule has 0 heterocycles. The fourth-order valence-corrected chi connectivity index (χ4v) is 0. The van der Waals surface area contributed by atoms with Crippen molar-refractivity contribution >= 4 is 19.8 Å². The van der Waals surface area contributed by atoms with Gasteiger partial charge in [0.05, 0.1) is 0 Å². The molecule has 0 aromatic carbocycles. The monoisotopic (exact) mass is 215 g/mol. The first kappa shape index (κ1) is 17.6. The summed E-state index contributed by atoms with van der Waals surface area (Å²) in [5, 5.41) is 0. The van der Waals surface area contributed by atoms with Crippen LogP contribution in [0.25, 0.3) is 0 Å². The zero-order chi connectivity index (χ0) is 2.00. The second-order valence-corrected chi connectivity index (χ2v) is 0. The number of hydrogen-bond acceptors (Lipinski definition) is 1. The molecule has 25 valence electrons. The van der Waals surface area contributed by atoms with Gasteiger partial charge in [-0.1, -0.05) is 0 Å². The Kier molecular flexibility index (Phi) is 103. The van der Waals surface area contributed by atoms with Crippen molar-refractivity contribution in [3.8, 4) is 0 Å². The molecule has 0 bridgehead atoms. The van der Waals surface area contributed by atoms with Crippen LogP contribution in [0, 0.1) is 0 Å². The maximum absolute atomic E-state index is 8.38. The number of hydrogen-bond donors (Lipinski definition) is 0. The standard InChI is InChI=1S/Cu.Ga.O.Zn.3H. The first-order chi connectivity index (χ1) is 1.00. The quantitative estimate of drug-likeness (QED) is 0.461. The van der Waals surface area contributed by atoms with E-state index in [9.17, 15) is 0 Å². The molecule has 4 heteroatoms. The molecular weight excluding hydrogens is 215 g/mol. The van der Waals surface area contributed by atoms with Gasteiger partial charge in [-0.05, 0) is 0 Å². The second kappa shape index (κ2) is 23.5. The van der Waals surface area contributed by atoms with Crippen molar-refractivity contribution in [2.75, 3.05) is 0 Å². The van der Waals surface area contributed by atoms with Crippen LogP contribution in [0.5, 0.6) is 0 Å². The van der Waals surface area contributed by atoms with Gasteiger partial charge >= 0.3 is 41.6 Å². The Labute approximate surface area is 58.4 Å². The Morgan fingerprint density at radius 3 is 1.25 bits per heavy atom. The second-order valence-electron chi connectivity index (χ2n) is 0. The zero-order valence-corrected chi connectivity index (χ0v) is 5.33. The summed E-state index contributed by atoms with van der Waals surface area (Å²) in [6.07, 6.45) is 0. The molecule has 0 N–H and O–H groups in total. The Balaban J connectivity index is -0.00000000500. The molecular formula is H3CuGaOZn. The number of rotatable bonds is 0. The first-order valence-corrected chi connectivity index (χ1v) is 1.50. The van der Waals surface area contributed by atoms with Crippen LogP contribution in [0.15, 0.2) is 0 Å². The third-order valence-electron chi connectivity index (χ3n) is 0. The van der Waals surface area contributed by atoms with Crippen LogP contribution in [0.3, 0.4) is 0 Å². The van der Waals surface area contributed by atoms with E-state index in [1.807, 2.05) is 0 Å². The van der Waals surface area contributed by atoms with E-state index in [0.717, 1.165) is 0 Å². The molecule has 0 aromatic rings. The molecule has 0 saturated heterocycles. The van der Waals surface area contributed by atoms with Crippen LogP contribution in [0.4, 0.5) is 0 Å². The van der Waals surface area contributed by atoms with E-state index < -0.39 is 0 Å². The molecule has 0 fully saturated rings. The van der Waals surface area contributed by atoms with Crippen molar-refractivity contribution in [1.29, 1.82) is 0 Å². The van der Waals surface area contributed by atoms with Gasteiger partial charge in [-0.2, -0.15) is 0 Å². The molecule has 1 radical (unpaired) electrons. The SMILES string of the molecule is [Cu].[GaH3].[O]=[Zn]. The summed E-state index contributed by atoms with van der Waals surface area (Å²) in [6, 6.07) is 0. The van der Waals surface area contributed by atoms with Gasteiger partial charge in [-0.3, -0.25) is 0 Å². The fraction of sp³-hybridized carbons (Fsp3) is 0. The predicted molar refractivity (Wildman–Crippen MR) is 10.6 cm³/mol. The van der Waals surface area contributed by atoms with Crippen LogP contribution >= 0.6 is 0 Å². The Morgan fingerprint density at radius 1 is 1.25 bits per heavy atom. The summed E-state index contributed by atoms with van der Waals surface area (Å²) in [7, 11) is 0. The molecule has 0 saturated carbocycles. The molecule has 0 aromatic heterocycles. The van der Waals surface area contributed by atoms with Gasteiger partial charge in [0.15, 0.2) is 0 Å². The Hall–Kier alpha value is 1.58. The van der Waals surface area contributed by atoms with Crippen molar-refractivity contribution < 1.29 is 38.9 Å². The summed E-state index contributed by atoms with van der Waals surface area (Å²) in [5.41, 5.74) is 0. The van der Waals surface area contributed by atoms with E-state index in [1.165, 1.54) is 0 Å². The van der Waals surface area contributed by atoms with Crippen LogP contribution in [0.1, 0.15) is 0 Å². The Bertz CT molecular complexity index is 8.00. The van der Waals surface area contributed by atoms with Gasteiger partial charge in [-0.25, -0.2) is 0 Å². The summed E-state index contributed by atoms with van der Waals surface area (Å²) in [4.78, 5) is 0. The van der Waals surface area contributed by atoms with Crippen molar-refractivity contribution in [2.24, 2.45) is 0 Å². The van der Waals surface area contributed by atoms with Gasteiger partial charge in [-0.15, -0.1) is 0 Å². The van der Waals surface area contributed by atoms with Gasteiger partial charge in [0.2, 0.25) is 0 Å². The summed E-state index contributed by atoms with van der Waals surface area (Å²) >= 11 is 0.125. The molecule has 0 atom stereocenters. The summed E-state index contributed by atoms with van der Waals surface area (Å²) < 4.78 is 8.38. The first-order valence-electron chi connectivity index (χ1n) is 0.289. The van der Waals surface area contributed by atoms with E-state index in [2.05, 4.69) is 0 Å². The minimum atomic E-state index is 0. The van der Waals surface area contributed by atoms with E-state index in [0.29, 0.717) is 0 Å². The van der Waals surface area contributed by atoms with Crippen LogP contribution < -0.4 is 0 Å². The van der Waals surface area contributed by atoms with Crippen LogP contribution in [0.2, 0.25) is 0 Å². The van der Waals surface area contributed by atoms with E-state index in [4.69, 9.17) is 3.57 Å². The van der Waals surface area contributed by atoms with Gasteiger partial charge in [0.1, 0.15) is 0 Å². The van der Waals surface area contributed by atoms with Crippen molar-refractivity contribution in [3.05, 3.63) is 0 Å². The van der Waals surface area contributed by atoms with Crippen molar-refractivity contribution in [3.63, 3.8) is 0 Å². The Morgan fingerprint density at radius 2 is 1.25 bits per heavy atom. The minimum absolute atomic E-state index is 0. The summed E-state index contributed by atoms with van der Waals surface area (Å²) in [6.45, 7) is 0. The van der Waals surface area contributed by atoms with Gasteiger partial charge in [0, 0.05) is 17.1 Å². The third-order valence-corrected chi connectivity index (χ3v) is 0. The fourth-order valence-electron chi connectivity index (χ4n) is 0. The zero-order valence-electron chi connectivity index (χ0n) is 1.42. The molecule has 0 amide bonds. The maximum atomic E-state index is 8.38. The van der Waals surface area contributed by atoms with E-state index >= 15 is 0 Å². The topological polar surface area (TPSA) is 17.1 Å². The predicted octanol–water partition coefficient (Wildman–Crippen LogP) is -1.31. The summed E-state index contributed by atoms with van der Waals surface area (Å²) in [5.74, 6) is 0. The molecule has 0 rings (SSSR count). The normalized spacial score (nSPS) is 1.50. The molecule has 4 heavy (non-hydrogen) atoms. The molecule has 0 spiro atoms. The molecule has 0 unspecified atom stereocenters. The average Bonchev–Trinajstić information content (AvgIpc) is 1.00. The van der Waals surface area contributed by atoms with Crippen LogP contribution in [-0.2, 0) is 38.9 Å². The van der Waals surface area contributed by atoms with Crippen molar-refractivity contribution in [2.45, 2.75) is 0 Å². The van der Waals surface area contributed by atoms with E-state index in [1.54, 1.807) is 0 Å².